The minimum absolute atomic E-state index is 0.520. The van der Waals surface area contributed by atoms with Crippen LogP contribution in [0.15, 0.2) is 4.47 Å². The summed E-state index contributed by atoms with van der Waals surface area (Å²) in [7, 11) is 4.11. The molecule has 1 rings (SSSR count). The average Bonchev–Trinajstić information content (AvgIpc) is 2.43. The highest BCUT2D eigenvalue weighted by molar-refractivity contribution is 9.10. The van der Waals surface area contributed by atoms with Crippen molar-refractivity contribution in [2.24, 2.45) is 7.05 Å². The molecule has 0 amide bonds. The van der Waals surface area contributed by atoms with E-state index in [-0.39, 0.29) is 0 Å². The van der Waals surface area contributed by atoms with Crippen LogP contribution in [0.5, 0.6) is 0 Å². The lowest BCUT2D eigenvalue weighted by Gasteiger charge is -2.22. The number of rotatable bonds is 4. The second-order valence-electron chi connectivity index (χ2n) is 3.89. The van der Waals surface area contributed by atoms with Crippen molar-refractivity contribution in [3.63, 3.8) is 0 Å². The van der Waals surface area contributed by atoms with E-state index in [1.807, 2.05) is 18.7 Å². The largest absolute Gasteiger partial charge is 0.297 e. The van der Waals surface area contributed by atoms with Gasteiger partial charge in [-0.1, -0.05) is 15.9 Å². The van der Waals surface area contributed by atoms with Crippen molar-refractivity contribution in [1.82, 2.24) is 14.7 Å². The zero-order valence-electron chi connectivity index (χ0n) is 9.59. The molecule has 1 aromatic heterocycles. The van der Waals surface area contributed by atoms with E-state index in [1.165, 1.54) is 5.69 Å². The van der Waals surface area contributed by atoms with E-state index >= 15 is 0 Å². The highest BCUT2D eigenvalue weighted by Gasteiger charge is 2.15. The Morgan fingerprint density at radius 3 is 2.53 bits per heavy atom. The first-order valence-corrected chi connectivity index (χ1v) is 6.83. The molecule has 0 saturated heterocycles. The van der Waals surface area contributed by atoms with Gasteiger partial charge in [-0.25, -0.2) is 0 Å². The normalized spacial score (nSPS) is 13.5. The molecule has 0 bridgehead atoms. The van der Waals surface area contributed by atoms with Crippen LogP contribution in [-0.2, 0) is 13.6 Å². The van der Waals surface area contributed by atoms with Gasteiger partial charge in [0.15, 0.2) is 0 Å². The molecule has 0 aliphatic carbocycles. The van der Waals surface area contributed by atoms with E-state index in [0.29, 0.717) is 6.04 Å². The third kappa shape index (κ3) is 3.04. The molecule has 0 spiro atoms. The van der Waals surface area contributed by atoms with Gasteiger partial charge in [0.25, 0.3) is 0 Å². The first kappa shape index (κ1) is 13.2. The Balaban J connectivity index is 2.80. The van der Waals surface area contributed by atoms with Crippen molar-refractivity contribution >= 4 is 31.9 Å². The summed E-state index contributed by atoms with van der Waals surface area (Å²) in [6, 6.07) is 0.520. The number of aryl methyl sites for hydroxylation is 2. The van der Waals surface area contributed by atoms with Gasteiger partial charge in [0.05, 0.1) is 15.9 Å². The minimum atomic E-state index is 0.520. The quantitative estimate of drug-likeness (QED) is 0.787. The van der Waals surface area contributed by atoms with Crippen LogP contribution in [0.2, 0.25) is 0 Å². The number of alkyl halides is 1. The van der Waals surface area contributed by atoms with Crippen LogP contribution in [-0.4, -0.2) is 33.1 Å². The van der Waals surface area contributed by atoms with Gasteiger partial charge in [-0.2, -0.15) is 5.10 Å². The van der Waals surface area contributed by atoms with E-state index in [2.05, 4.69) is 55.8 Å². The monoisotopic (exact) mass is 337 g/mol. The maximum Gasteiger partial charge on any atom is 0.0739 e. The second kappa shape index (κ2) is 5.46. The molecule has 5 heteroatoms. The van der Waals surface area contributed by atoms with E-state index < -0.39 is 0 Å². The van der Waals surface area contributed by atoms with Gasteiger partial charge in [-0.15, -0.1) is 0 Å². The smallest absolute Gasteiger partial charge is 0.0739 e. The Bertz CT molecular complexity index is 336. The number of aromatic nitrogens is 2. The van der Waals surface area contributed by atoms with Crippen LogP contribution in [0.1, 0.15) is 18.3 Å². The highest BCUT2D eigenvalue weighted by atomic mass is 79.9. The van der Waals surface area contributed by atoms with Crippen molar-refractivity contribution in [3.05, 3.63) is 15.9 Å². The van der Waals surface area contributed by atoms with Crippen LogP contribution in [0.25, 0.3) is 0 Å². The summed E-state index contributed by atoms with van der Waals surface area (Å²) in [5.74, 6) is 0. The number of nitrogens with zero attached hydrogens (tertiary/aromatic N) is 3. The summed E-state index contributed by atoms with van der Waals surface area (Å²) in [5.41, 5.74) is 2.27. The van der Waals surface area contributed by atoms with Crippen molar-refractivity contribution in [1.29, 1.82) is 0 Å². The molecular weight excluding hydrogens is 322 g/mol. The fourth-order valence-corrected chi connectivity index (χ4v) is 2.32. The van der Waals surface area contributed by atoms with Gasteiger partial charge < -0.3 is 0 Å². The Hall–Kier alpha value is 0.130. The van der Waals surface area contributed by atoms with Crippen molar-refractivity contribution in [2.75, 3.05) is 12.4 Å². The molecule has 1 atom stereocenters. The predicted octanol–water partition coefficient (Wildman–Crippen LogP) is 2.71. The first-order chi connectivity index (χ1) is 6.97. The highest BCUT2D eigenvalue weighted by Crippen LogP contribution is 2.21. The third-order valence-corrected chi connectivity index (χ3v) is 4.61. The Morgan fingerprint density at radius 2 is 2.13 bits per heavy atom. The van der Waals surface area contributed by atoms with Gasteiger partial charge in [-0.05, 0) is 36.8 Å². The molecule has 0 aliphatic rings. The van der Waals surface area contributed by atoms with Gasteiger partial charge in [0, 0.05) is 25.0 Å². The number of halogens is 2. The standard InChI is InChI=1S/C10H17Br2N3/c1-7(5-11)14(3)6-9-10(12)8(2)13-15(9)4/h7H,5-6H2,1-4H3. The topological polar surface area (TPSA) is 21.1 Å². The van der Waals surface area contributed by atoms with E-state index in [9.17, 15) is 0 Å². The minimum Gasteiger partial charge on any atom is -0.297 e. The van der Waals surface area contributed by atoms with Crippen LogP contribution >= 0.6 is 31.9 Å². The van der Waals surface area contributed by atoms with Gasteiger partial charge >= 0.3 is 0 Å². The summed E-state index contributed by atoms with van der Waals surface area (Å²) in [6.45, 7) is 5.12. The molecule has 0 N–H and O–H groups in total. The maximum atomic E-state index is 4.38. The number of hydrogen-bond acceptors (Lipinski definition) is 2. The lowest BCUT2D eigenvalue weighted by atomic mass is 10.3. The van der Waals surface area contributed by atoms with E-state index in [4.69, 9.17) is 0 Å². The number of hydrogen-bond donors (Lipinski definition) is 0. The first-order valence-electron chi connectivity index (χ1n) is 4.91. The summed E-state index contributed by atoms with van der Waals surface area (Å²) >= 11 is 7.07. The van der Waals surface area contributed by atoms with Crippen LogP contribution < -0.4 is 0 Å². The molecule has 0 saturated carbocycles. The maximum absolute atomic E-state index is 4.38. The summed E-state index contributed by atoms with van der Waals surface area (Å²) in [6.07, 6.45) is 0. The molecule has 0 radical (unpaired) electrons. The molecule has 1 unspecified atom stereocenters. The van der Waals surface area contributed by atoms with Crippen molar-refractivity contribution in [3.8, 4) is 0 Å². The Morgan fingerprint density at radius 1 is 1.53 bits per heavy atom. The van der Waals surface area contributed by atoms with Gasteiger partial charge in [-0.3, -0.25) is 9.58 Å². The third-order valence-electron chi connectivity index (χ3n) is 2.64. The van der Waals surface area contributed by atoms with Crippen LogP contribution in [0.3, 0.4) is 0 Å². The van der Waals surface area contributed by atoms with Crippen molar-refractivity contribution in [2.45, 2.75) is 26.4 Å². The van der Waals surface area contributed by atoms with Crippen LogP contribution in [0.4, 0.5) is 0 Å². The SMILES string of the molecule is Cc1nn(C)c(CN(C)C(C)CBr)c1Br. The molecule has 1 aromatic rings. The van der Waals surface area contributed by atoms with E-state index in [0.717, 1.165) is 22.0 Å². The molecule has 15 heavy (non-hydrogen) atoms. The van der Waals surface area contributed by atoms with Gasteiger partial charge in [0.2, 0.25) is 0 Å². The lowest BCUT2D eigenvalue weighted by molar-refractivity contribution is 0.263. The van der Waals surface area contributed by atoms with Gasteiger partial charge in [0.1, 0.15) is 0 Å². The molecule has 0 aromatic carbocycles. The fourth-order valence-electron chi connectivity index (χ4n) is 1.36. The molecule has 1 heterocycles. The summed E-state index contributed by atoms with van der Waals surface area (Å²) < 4.78 is 3.07. The molecular formula is C10H17Br2N3. The zero-order chi connectivity index (χ0) is 11.6. The Kier molecular flexibility index (Phi) is 4.80. The predicted molar refractivity (Wildman–Crippen MR) is 70.4 cm³/mol. The lowest BCUT2D eigenvalue weighted by Crippen LogP contribution is -2.30. The van der Waals surface area contributed by atoms with Crippen LogP contribution in [0, 0.1) is 6.92 Å². The summed E-state index contributed by atoms with van der Waals surface area (Å²) in [5, 5.41) is 5.36. The van der Waals surface area contributed by atoms with Crippen molar-refractivity contribution < 1.29 is 0 Å². The second-order valence-corrected chi connectivity index (χ2v) is 5.33. The molecule has 0 fully saturated rings. The molecule has 86 valence electrons. The average molecular weight is 339 g/mol. The van der Waals surface area contributed by atoms with E-state index in [1.54, 1.807) is 0 Å². The zero-order valence-corrected chi connectivity index (χ0v) is 12.8. The molecule has 3 nitrogen and oxygen atoms in total. The Labute approximate surface area is 108 Å². The summed E-state index contributed by atoms with van der Waals surface area (Å²) in [4.78, 5) is 2.30. The molecule has 0 aliphatic heterocycles. The fraction of sp³-hybridized carbons (Fsp3) is 0.700.